The van der Waals surface area contributed by atoms with E-state index >= 15 is 0 Å². The van der Waals surface area contributed by atoms with Crippen molar-refractivity contribution in [1.82, 2.24) is 25.1 Å². The van der Waals surface area contributed by atoms with Crippen molar-refractivity contribution >= 4 is 17.7 Å². The standard InChI is InChI=1S/C21H30N6OS/c1-4-5-6-7-8-14-9-11-15(12-10-14)13-26-18(23-24-25-26)17-21(2,3)29-20-16(22)19(28)27(17)20/h9-12,16-17,20H,4-8,13,22H2,1-3H3/t16?,17?,20-/m1/s1. The summed E-state index contributed by atoms with van der Waals surface area (Å²) in [4.78, 5) is 14.2. The Balaban J connectivity index is 1.47. The zero-order chi connectivity index (χ0) is 20.6. The number of rotatable bonds is 8. The summed E-state index contributed by atoms with van der Waals surface area (Å²) in [5.74, 6) is 0.717. The number of tetrazole rings is 1. The van der Waals surface area contributed by atoms with Gasteiger partial charge in [-0.1, -0.05) is 50.5 Å². The maximum atomic E-state index is 12.4. The van der Waals surface area contributed by atoms with Gasteiger partial charge in [0, 0.05) is 4.75 Å². The number of carbonyl (C=O) groups is 1. The van der Waals surface area contributed by atoms with E-state index in [1.165, 1.54) is 31.2 Å². The highest BCUT2D eigenvalue weighted by Crippen LogP contribution is 2.56. The Morgan fingerprint density at radius 2 is 1.86 bits per heavy atom. The van der Waals surface area contributed by atoms with Gasteiger partial charge in [0.1, 0.15) is 17.5 Å². The molecule has 2 fully saturated rings. The quantitative estimate of drug-likeness (QED) is 0.528. The number of carbonyl (C=O) groups excluding carboxylic acids is 1. The predicted molar refractivity (Wildman–Crippen MR) is 114 cm³/mol. The van der Waals surface area contributed by atoms with Gasteiger partial charge < -0.3 is 10.6 Å². The summed E-state index contributed by atoms with van der Waals surface area (Å²) in [5.41, 5.74) is 8.53. The van der Waals surface area contributed by atoms with E-state index < -0.39 is 6.04 Å². The number of unbranched alkanes of at least 4 members (excludes halogenated alkanes) is 3. The molecule has 0 bridgehead atoms. The summed E-state index contributed by atoms with van der Waals surface area (Å²) in [5, 5.41) is 12.4. The molecule has 0 saturated carbocycles. The molecule has 1 amide bonds. The minimum absolute atomic E-state index is 0.0136. The molecule has 8 heteroatoms. The lowest BCUT2D eigenvalue weighted by atomic mass is 9.95. The molecule has 3 atom stereocenters. The van der Waals surface area contributed by atoms with Crippen LogP contribution < -0.4 is 5.73 Å². The fourth-order valence-electron chi connectivity index (χ4n) is 4.32. The Kier molecular flexibility index (Phi) is 5.66. The maximum Gasteiger partial charge on any atom is 0.244 e. The van der Waals surface area contributed by atoms with Crippen LogP contribution in [-0.2, 0) is 17.8 Å². The average molecular weight is 415 g/mol. The molecule has 1 aromatic carbocycles. The Morgan fingerprint density at radius 3 is 2.59 bits per heavy atom. The fourth-order valence-corrected chi connectivity index (χ4v) is 5.89. The predicted octanol–water partition coefficient (Wildman–Crippen LogP) is 2.91. The first kappa shape index (κ1) is 20.3. The van der Waals surface area contributed by atoms with Crippen molar-refractivity contribution in [2.24, 2.45) is 5.73 Å². The molecule has 3 heterocycles. The fraction of sp³-hybridized carbons (Fsp3) is 0.619. The topological polar surface area (TPSA) is 89.9 Å². The highest BCUT2D eigenvalue weighted by atomic mass is 32.2. The second kappa shape index (κ2) is 8.07. The Labute approximate surface area is 176 Å². The molecular formula is C21H30N6OS. The van der Waals surface area contributed by atoms with Gasteiger partial charge in [0.05, 0.1) is 6.54 Å². The minimum Gasteiger partial charge on any atom is -0.317 e. The molecule has 2 aliphatic rings. The lowest BCUT2D eigenvalue weighted by Gasteiger charge is -2.42. The highest BCUT2D eigenvalue weighted by molar-refractivity contribution is 8.01. The van der Waals surface area contributed by atoms with Crippen molar-refractivity contribution in [3.05, 3.63) is 41.2 Å². The number of hydrogen-bond donors (Lipinski definition) is 1. The molecule has 2 N–H and O–H groups in total. The van der Waals surface area contributed by atoms with Gasteiger partial charge in [0.15, 0.2) is 5.82 Å². The van der Waals surface area contributed by atoms with Crippen LogP contribution in [0.15, 0.2) is 24.3 Å². The Bertz CT molecular complexity index is 864. The third-order valence-electron chi connectivity index (χ3n) is 5.96. The third kappa shape index (κ3) is 3.80. The van der Waals surface area contributed by atoms with E-state index in [9.17, 15) is 4.79 Å². The van der Waals surface area contributed by atoms with E-state index in [-0.39, 0.29) is 22.1 Å². The average Bonchev–Trinajstić information content (AvgIpc) is 3.25. The normalized spacial score (nSPS) is 25.2. The molecule has 156 valence electrons. The van der Waals surface area contributed by atoms with Gasteiger partial charge in [0.25, 0.3) is 0 Å². The number of hydrogen-bond acceptors (Lipinski definition) is 6. The van der Waals surface area contributed by atoms with Gasteiger partial charge in [-0.05, 0) is 48.2 Å². The lowest BCUT2D eigenvalue weighted by Crippen LogP contribution is -2.65. The van der Waals surface area contributed by atoms with Gasteiger partial charge in [0.2, 0.25) is 5.91 Å². The number of β-lactam (4-membered cyclic amide) rings is 1. The van der Waals surface area contributed by atoms with Gasteiger partial charge in [-0.3, -0.25) is 4.79 Å². The molecule has 2 aliphatic heterocycles. The number of nitrogens with zero attached hydrogens (tertiary/aromatic N) is 5. The molecule has 29 heavy (non-hydrogen) atoms. The first-order valence-corrected chi connectivity index (χ1v) is 11.4. The molecule has 2 aromatic rings. The summed E-state index contributed by atoms with van der Waals surface area (Å²) >= 11 is 1.73. The summed E-state index contributed by atoms with van der Waals surface area (Å²) in [6.45, 7) is 7.09. The monoisotopic (exact) mass is 414 g/mol. The van der Waals surface area contributed by atoms with Gasteiger partial charge >= 0.3 is 0 Å². The summed E-state index contributed by atoms with van der Waals surface area (Å²) in [6, 6.07) is 8.13. The van der Waals surface area contributed by atoms with Gasteiger partial charge in [-0.25, -0.2) is 4.68 Å². The molecular weight excluding hydrogens is 384 g/mol. The Hall–Kier alpha value is -1.93. The van der Waals surface area contributed by atoms with Gasteiger partial charge in [-0.2, -0.15) is 0 Å². The molecule has 0 spiro atoms. The summed E-state index contributed by atoms with van der Waals surface area (Å²) in [6.07, 6.45) is 6.23. The van der Waals surface area contributed by atoms with E-state index in [0.29, 0.717) is 6.54 Å². The van der Waals surface area contributed by atoms with Crippen LogP contribution in [0.4, 0.5) is 0 Å². The first-order valence-electron chi connectivity index (χ1n) is 10.5. The smallest absolute Gasteiger partial charge is 0.244 e. The molecule has 4 rings (SSSR count). The van der Waals surface area contributed by atoms with Crippen molar-refractivity contribution in [2.45, 2.75) is 81.6 Å². The van der Waals surface area contributed by atoms with Crippen LogP contribution in [0.1, 0.15) is 69.4 Å². The number of fused-ring (bicyclic) bond motifs is 1. The summed E-state index contributed by atoms with van der Waals surface area (Å²) < 4.78 is 1.63. The highest BCUT2D eigenvalue weighted by Gasteiger charge is 2.62. The molecule has 1 aromatic heterocycles. The number of aryl methyl sites for hydroxylation is 1. The molecule has 7 nitrogen and oxygen atoms in total. The summed E-state index contributed by atoms with van der Waals surface area (Å²) in [7, 11) is 0. The third-order valence-corrected chi connectivity index (χ3v) is 7.55. The zero-order valence-electron chi connectivity index (χ0n) is 17.4. The van der Waals surface area contributed by atoms with Crippen molar-refractivity contribution in [2.75, 3.05) is 0 Å². The van der Waals surface area contributed by atoms with Gasteiger partial charge in [-0.15, -0.1) is 16.9 Å². The largest absolute Gasteiger partial charge is 0.317 e. The SMILES string of the molecule is CCCCCCc1ccc(Cn2nnnc2C2N3C(=O)C(N)[C@H]3SC2(C)C)cc1. The van der Waals surface area contributed by atoms with Crippen LogP contribution in [0.5, 0.6) is 0 Å². The van der Waals surface area contributed by atoms with Crippen LogP contribution in [-0.4, -0.2) is 47.2 Å². The molecule has 0 radical (unpaired) electrons. The first-order chi connectivity index (χ1) is 13.9. The minimum atomic E-state index is -0.418. The van der Waals surface area contributed by atoms with Crippen molar-refractivity contribution < 1.29 is 4.79 Å². The van der Waals surface area contributed by atoms with E-state index in [1.54, 1.807) is 11.8 Å². The second-order valence-corrected chi connectivity index (χ2v) is 10.4. The number of amides is 1. The van der Waals surface area contributed by atoms with E-state index in [4.69, 9.17) is 5.73 Å². The van der Waals surface area contributed by atoms with Crippen LogP contribution >= 0.6 is 11.8 Å². The van der Waals surface area contributed by atoms with E-state index in [1.807, 2.05) is 9.58 Å². The second-order valence-electron chi connectivity index (χ2n) is 8.61. The van der Waals surface area contributed by atoms with Crippen LogP contribution in [0, 0.1) is 0 Å². The van der Waals surface area contributed by atoms with Crippen molar-refractivity contribution in [3.63, 3.8) is 0 Å². The van der Waals surface area contributed by atoms with Crippen LogP contribution in [0.2, 0.25) is 0 Å². The number of benzene rings is 1. The van der Waals surface area contributed by atoms with E-state index in [2.05, 4.69) is 60.6 Å². The van der Waals surface area contributed by atoms with Crippen LogP contribution in [0.25, 0.3) is 0 Å². The maximum absolute atomic E-state index is 12.4. The molecule has 2 saturated heterocycles. The van der Waals surface area contributed by atoms with Crippen molar-refractivity contribution in [3.8, 4) is 0 Å². The molecule has 0 aliphatic carbocycles. The zero-order valence-corrected chi connectivity index (χ0v) is 18.2. The number of nitrogens with two attached hydrogens (primary N) is 1. The van der Waals surface area contributed by atoms with E-state index in [0.717, 1.165) is 17.8 Å². The lowest BCUT2D eigenvalue weighted by molar-refractivity contribution is -0.147. The van der Waals surface area contributed by atoms with Crippen LogP contribution in [0.3, 0.4) is 0 Å². The number of aromatic nitrogens is 4. The number of thioether (sulfide) groups is 1. The Morgan fingerprint density at radius 1 is 1.14 bits per heavy atom. The van der Waals surface area contributed by atoms with Crippen molar-refractivity contribution in [1.29, 1.82) is 0 Å². The molecule has 2 unspecified atom stereocenters.